The lowest BCUT2D eigenvalue weighted by molar-refractivity contribution is 0.0758. The van der Waals surface area contributed by atoms with Crippen LogP contribution in [-0.2, 0) is 6.54 Å². The zero-order chi connectivity index (χ0) is 22.5. The van der Waals surface area contributed by atoms with E-state index in [2.05, 4.69) is 15.6 Å². The van der Waals surface area contributed by atoms with Crippen molar-refractivity contribution in [1.82, 2.24) is 25.4 Å². The molecule has 1 saturated heterocycles. The highest BCUT2D eigenvalue weighted by Gasteiger charge is 2.41. The number of aromatic nitrogens is 1. The molecule has 2 aromatic rings. The van der Waals surface area contributed by atoms with Crippen LogP contribution in [0.4, 0.5) is 18.4 Å². The molecule has 1 aromatic heterocycles. The van der Waals surface area contributed by atoms with Gasteiger partial charge in [-0.05, 0) is 37.1 Å². The molecule has 1 aromatic carbocycles. The van der Waals surface area contributed by atoms with Gasteiger partial charge in [-0.15, -0.1) is 0 Å². The van der Waals surface area contributed by atoms with Crippen LogP contribution in [0.15, 0.2) is 24.3 Å². The number of nitrogens with zero attached hydrogens (tertiary/aromatic N) is 2. The van der Waals surface area contributed by atoms with Crippen LogP contribution in [0.3, 0.4) is 0 Å². The second-order valence-electron chi connectivity index (χ2n) is 7.77. The number of hydrogen-bond acceptors (Lipinski definition) is 2. The van der Waals surface area contributed by atoms with Crippen LogP contribution in [0.2, 0.25) is 0 Å². The maximum atomic E-state index is 14.3. The molecule has 1 saturated carbocycles. The van der Waals surface area contributed by atoms with Crippen molar-refractivity contribution in [3.63, 3.8) is 0 Å². The third-order valence-corrected chi connectivity index (χ3v) is 5.52. The molecule has 4 rings (SSSR count). The summed E-state index contributed by atoms with van der Waals surface area (Å²) in [4.78, 5) is 31.2. The normalized spacial score (nSPS) is 20.6. The number of urea groups is 2. The summed E-state index contributed by atoms with van der Waals surface area (Å²) in [6, 6.07) is 5.38. The first-order chi connectivity index (χ1) is 14.9. The summed E-state index contributed by atoms with van der Waals surface area (Å²) in [5.74, 6) is -0.314. The minimum Gasteiger partial charge on any atom is -0.357 e. The Morgan fingerprint density at radius 1 is 1.19 bits per heavy atom. The molecule has 2 unspecified atom stereocenters. The summed E-state index contributed by atoms with van der Waals surface area (Å²) in [5.41, 5.74) is 1.55. The predicted molar refractivity (Wildman–Crippen MR) is 116 cm³/mol. The molecule has 1 aliphatic carbocycles. The van der Waals surface area contributed by atoms with Crippen molar-refractivity contribution < 1.29 is 18.4 Å². The summed E-state index contributed by atoms with van der Waals surface area (Å²) < 4.78 is 27.6. The fraction of sp³-hybridized carbons (Fsp3) is 0.545. The number of H-pyrrole nitrogens is 1. The summed E-state index contributed by atoms with van der Waals surface area (Å²) in [6.45, 7) is 4.61. The van der Waals surface area contributed by atoms with Crippen molar-refractivity contribution in [2.45, 2.75) is 57.9 Å². The van der Waals surface area contributed by atoms with Crippen LogP contribution in [0, 0.1) is 5.82 Å². The highest BCUT2D eigenvalue weighted by atomic mass is 19.1. The zero-order valence-corrected chi connectivity index (χ0v) is 18.3. The lowest BCUT2D eigenvalue weighted by Crippen LogP contribution is -2.58. The number of likely N-dealkylation sites (tertiary alicyclic amines) is 1. The number of rotatable bonds is 4. The van der Waals surface area contributed by atoms with Gasteiger partial charge in [0, 0.05) is 42.7 Å². The highest BCUT2D eigenvalue weighted by molar-refractivity contribution is 5.81. The number of amides is 4. The smallest absolute Gasteiger partial charge is 0.318 e. The molecule has 3 N–H and O–H groups in total. The molecule has 7 nitrogen and oxygen atoms in total. The fourth-order valence-electron chi connectivity index (χ4n) is 4.04. The average molecular weight is 436 g/mol. The lowest BCUT2D eigenvalue weighted by atomic mass is 10.0. The number of fused-ring (bicyclic) bond motifs is 1. The van der Waals surface area contributed by atoms with Crippen molar-refractivity contribution in [1.29, 1.82) is 0 Å². The monoisotopic (exact) mass is 435 g/mol. The van der Waals surface area contributed by atoms with Crippen molar-refractivity contribution >= 4 is 23.0 Å². The van der Waals surface area contributed by atoms with Crippen molar-refractivity contribution in [3.05, 3.63) is 35.8 Å². The van der Waals surface area contributed by atoms with E-state index in [-0.39, 0.29) is 49.5 Å². The molecule has 1 aliphatic heterocycles. The number of aromatic amines is 1. The Kier molecular flexibility index (Phi) is 7.35. The van der Waals surface area contributed by atoms with E-state index < -0.39 is 6.17 Å². The lowest BCUT2D eigenvalue weighted by Gasteiger charge is -2.40. The van der Waals surface area contributed by atoms with Gasteiger partial charge in [-0.3, -0.25) is 0 Å². The number of carbonyl (C=O) groups excluding carboxylic acids is 2. The third-order valence-electron chi connectivity index (χ3n) is 5.52. The quantitative estimate of drug-likeness (QED) is 0.684. The Hall–Kier alpha value is -2.84. The van der Waals surface area contributed by atoms with Crippen LogP contribution in [0.25, 0.3) is 10.9 Å². The maximum Gasteiger partial charge on any atom is 0.318 e. The van der Waals surface area contributed by atoms with Crippen molar-refractivity contribution in [2.75, 3.05) is 20.1 Å². The Morgan fingerprint density at radius 3 is 2.61 bits per heavy atom. The molecule has 9 heteroatoms. The molecule has 0 bridgehead atoms. The van der Waals surface area contributed by atoms with Gasteiger partial charge in [0.15, 0.2) is 0 Å². The number of carbonyl (C=O) groups is 2. The van der Waals surface area contributed by atoms with E-state index in [9.17, 15) is 18.4 Å². The average Bonchev–Trinajstić information content (AvgIpc) is 3.51. The molecular formula is C22H31F2N5O2. The molecule has 2 fully saturated rings. The van der Waals surface area contributed by atoms with Crippen molar-refractivity contribution in [2.24, 2.45) is 0 Å². The van der Waals surface area contributed by atoms with Crippen LogP contribution < -0.4 is 10.6 Å². The van der Waals surface area contributed by atoms with Gasteiger partial charge in [-0.2, -0.15) is 0 Å². The number of alkyl halides is 1. The third kappa shape index (κ3) is 5.45. The molecule has 2 aliphatic rings. The van der Waals surface area contributed by atoms with Gasteiger partial charge >= 0.3 is 12.1 Å². The number of benzene rings is 1. The van der Waals surface area contributed by atoms with E-state index in [1.807, 2.05) is 13.8 Å². The highest BCUT2D eigenvalue weighted by Crippen LogP contribution is 2.32. The summed E-state index contributed by atoms with van der Waals surface area (Å²) in [5, 5.41) is 6.15. The van der Waals surface area contributed by atoms with E-state index in [0.29, 0.717) is 6.54 Å². The summed E-state index contributed by atoms with van der Waals surface area (Å²) >= 11 is 0. The second-order valence-corrected chi connectivity index (χ2v) is 7.77. The van der Waals surface area contributed by atoms with Gasteiger partial charge < -0.3 is 25.4 Å². The van der Waals surface area contributed by atoms with Gasteiger partial charge in [0.05, 0.1) is 19.1 Å². The van der Waals surface area contributed by atoms with E-state index in [1.165, 1.54) is 24.1 Å². The van der Waals surface area contributed by atoms with Gasteiger partial charge in [-0.25, -0.2) is 18.4 Å². The Bertz CT molecular complexity index is 914. The van der Waals surface area contributed by atoms with Gasteiger partial charge in [0.1, 0.15) is 12.0 Å². The molecule has 170 valence electrons. The van der Waals surface area contributed by atoms with Crippen LogP contribution in [-0.4, -0.2) is 65.2 Å². The minimum atomic E-state index is -1.16. The van der Waals surface area contributed by atoms with E-state index >= 15 is 0 Å². The molecule has 2 atom stereocenters. The molecule has 0 radical (unpaired) electrons. The topological polar surface area (TPSA) is 80.5 Å². The van der Waals surface area contributed by atoms with Crippen LogP contribution in [0.5, 0.6) is 0 Å². The maximum absolute atomic E-state index is 14.3. The van der Waals surface area contributed by atoms with Gasteiger partial charge in [0.25, 0.3) is 0 Å². The predicted octanol–water partition coefficient (Wildman–Crippen LogP) is 3.76. The van der Waals surface area contributed by atoms with Gasteiger partial charge in [0.2, 0.25) is 0 Å². The van der Waals surface area contributed by atoms with E-state index in [0.717, 1.165) is 29.4 Å². The molecule has 2 heterocycles. The number of hydrogen-bond donors (Lipinski definition) is 3. The summed E-state index contributed by atoms with van der Waals surface area (Å²) in [6.07, 6.45) is 0.825. The first-order valence-electron chi connectivity index (χ1n) is 10.9. The second kappa shape index (κ2) is 9.98. The molecule has 4 amide bonds. The number of halogens is 2. The van der Waals surface area contributed by atoms with Crippen LogP contribution >= 0.6 is 0 Å². The molecular weight excluding hydrogens is 404 g/mol. The molecule has 0 spiro atoms. The molecule has 31 heavy (non-hydrogen) atoms. The number of nitrogens with one attached hydrogen (secondary N) is 3. The fourth-order valence-corrected chi connectivity index (χ4v) is 4.04. The van der Waals surface area contributed by atoms with E-state index in [1.54, 1.807) is 17.0 Å². The Morgan fingerprint density at radius 2 is 1.94 bits per heavy atom. The first-order valence-corrected chi connectivity index (χ1v) is 10.9. The minimum absolute atomic E-state index is 0.0436. The Balaban J connectivity index is 0.00000132. The van der Waals surface area contributed by atoms with E-state index in [4.69, 9.17) is 0 Å². The SMILES string of the molecule is CC.CNC(=O)N1CC(F)CC(N(C(=O)NCc2cc3cc(F)ccc3[nH]2)C2CC2)C1. The van der Waals surface area contributed by atoms with Crippen LogP contribution in [0.1, 0.15) is 38.8 Å². The first kappa shape index (κ1) is 22.8. The summed E-state index contributed by atoms with van der Waals surface area (Å²) in [7, 11) is 1.51. The largest absolute Gasteiger partial charge is 0.357 e. The standard InChI is InChI=1S/C20H25F2N5O2.C2H6/c1-23-19(28)26-10-14(22)8-17(11-26)27(16-3-4-16)20(29)24-9-15-7-12-6-13(21)2-5-18(12)25-15;1-2/h2,5-7,14,16-17,25H,3-4,8-11H2,1H3,(H,23,28)(H,24,29);1-2H3. The number of piperidine rings is 1. The van der Waals surface area contributed by atoms with Crippen molar-refractivity contribution in [3.8, 4) is 0 Å². The van der Waals surface area contributed by atoms with Gasteiger partial charge in [-0.1, -0.05) is 13.8 Å². The Labute approximate surface area is 181 Å². The zero-order valence-electron chi connectivity index (χ0n) is 18.3.